The van der Waals surface area contributed by atoms with E-state index in [9.17, 15) is 4.79 Å². The van der Waals surface area contributed by atoms with Gasteiger partial charge in [0.25, 0.3) is 0 Å². The highest BCUT2D eigenvalue weighted by atomic mass is 16.4. The van der Waals surface area contributed by atoms with E-state index in [1.54, 1.807) is 6.07 Å². The largest absolute Gasteiger partial charge is 0.478 e. The summed E-state index contributed by atoms with van der Waals surface area (Å²) in [6.07, 6.45) is 2.33. The summed E-state index contributed by atoms with van der Waals surface area (Å²) in [5.74, 6) is -0.298. The Morgan fingerprint density at radius 2 is 2.28 bits per heavy atom. The van der Waals surface area contributed by atoms with Crippen LogP contribution in [0.2, 0.25) is 0 Å². The fourth-order valence-corrected chi connectivity index (χ4v) is 1.51. The first kappa shape index (κ1) is 14.7. The van der Waals surface area contributed by atoms with Crippen LogP contribution in [0.1, 0.15) is 36.4 Å². The molecule has 0 unspecified atom stereocenters. The summed E-state index contributed by atoms with van der Waals surface area (Å²) >= 11 is 0. The molecule has 0 atom stereocenters. The number of carbonyl (C=O) groups is 1. The average molecular weight is 254 g/mol. The van der Waals surface area contributed by atoms with Gasteiger partial charge in [-0.25, -0.2) is 4.79 Å². The lowest BCUT2D eigenvalue weighted by molar-refractivity contribution is 0.0696. The van der Waals surface area contributed by atoms with E-state index in [0.717, 1.165) is 19.5 Å². The summed E-state index contributed by atoms with van der Waals surface area (Å²) < 4.78 is 5.14. The van der Waals surface area contributed by atoms with Gasteiger partial charge in [-0.2, -0.15) is 0 Å². The molecule has 0 aliphatic rings. The molecular weight excluding hydrogens is 232 g/mol. The molecule has 1 heterocycles. The van der Waals surface area contributed by atoms with Crippen molar-refractivity contribution in [1.29, 1.82) is 0 Å². The summed E-state index contributed by atoms with van der Waals surface area (Å²) in [6, 6.07) is 2.11. The highest BCUT2D eigenvalue weighted by Gasteiger charge is 2.07. The highest BCUT2D eigenvalue weighted by molar-refractivity contribution is 5.87. The Balaban J connectivity index is 2.16. The van der Waals surface area contributed by atoms with Gasteiger partial charge in [-0.3, -0.25) is 0 Å². The second-order valence-corrected chi connectivity index (χ2v) is 4.71. The van der Waals surface area contributed by atoms with Crippen LogP contribution in [0.4, 0.5) is 0 Å². The van der Waals surface area contributed by atoms with E-state index in [4.69, 9.17) is 9.52 Å². The highest BCUT2D eigenvalue weighted by Crippen LogP contribution is 2.07. The van der Waals surface area contributed by atoms with Crippen molar-refractivity contribution in [2.75, 3.05) is 20.1 Å². The van der Waals surface area contributed by atoms with Crippen LogP contribution in [0.25, 0.3) is 0 Å². The molecule has 0 fully saturated rings. The first-order valence-electron chi connectivity index (χ1n) is 6.22. The van der Waals surface area contributed by atoms with Crippen LogP contribution < -0.4 is 5.32 Å². The molecule has 0 aromatic carbocycles. The van der Waals surface area contributed by atoms with Gasteiger partial charge >= 0.3 is 5.97 Å². The van der Waals surface area contributed by atoms with Crippen molar-refractivity contribution < 1.29 is 14.3 Å². The third-order valence-corrected chi connectivity index (χ3v) is 2.95. The van der Waals surface area contributed by atoms with Gasteiger partial charge in [0.1, 0.15) is 12.0 Å². The Morgan fingerprint density at radius 3 is 2.83 bits per heavy atom. The maximum absolute atomic E-state index is 10.6. The lowest BCUT2D eigenvalue weighted by Crippen LogP contribution is -2.29. The quantitative estimate of drug-likeness (QED) is 0.692. The number of rotatable bonds is 8. The number of hydrogen-bond donors (Lipinski definition) is 2. The lowest BCUT2D eigenvalue weighted by Gasteiger charge is -2.20. The van der Waals surface area contributed by atoms with Gasteiger partial charge in [-0.05, 0) is 46.5 Å². The van der Waals surface area contributed by atoms with E-state index in [1.807, 2.05) is 0 Å². The monoisotopic (exact) mass is 254 g/mol. The Bertz CT molecular complexity index is 374. The molecule has 18 heavy (non-hydrogen) atoms. The minimum absolute atomic E-state index is 0.200. The maximum Gasteiger partial charge on any atom is 0.338 e. The number of nitrogens with one attached hydrogen (secondary N) is 1. The molecule has 0 spiro atoms. The smallest absolute Gasteiger partial charge is 0.338 e. The summed E-state index contributed by atoms with van der Waals surface area (Å²) in [7, 11) is 2.11. The van der Waals surface area contributed by atoms with E-state index in [0.29, 0.717) is 18.3 Å². The summed E-state index contributed by atoms with van der Waals surface area (Å²) in [6.45, 7) is 6.84. The summed E-state index contributed by atoms with van der Waals surface area (Å²) in [5, 5.41) is 12.0. The second kappa shape index (κ2) is 7.18. The molecule has 0 amide bonds. The number of aromatic carboxylic acids is 1. The van der Waals surface area contributed by atoms with Gasteiger partial charge in [-0.15, -0.1) is 0 Å². The summed E-state index contributed by atoms with van der Waals surface area (Å²) in [5.41, 5.74) is 0.200. The molecule has 0 aliphatic heterocycles. The fourth-order valence-electron chi connectivity index (χ4n) is 1.51. The fraction of sp³-hybridized carbons (Fsp3) is 0.615. The summed E-state index contributed by atoms with van der Waals surface area (Å²) in [4.78, 5) is 12.9. The van der Waals surface area contributed by atoms with Crippen molar-refractivity contribution in [3.63, 3.8) is 0 Å². The van der Waals surface area contributed by atoms with E-state index >= 15 is 0 Å². The van der Waals surface area contributed by atoms with E-state index in [1.165, 1.54) is 6.26 Å². The van der Waals surface area contributed by atoms with Crippen molar-refractivity contribution in [1.82, 2.24) is 10.2 Å². The van der Waals surface area contributed by atoms with Crippen LogP contribution in [-0.4, -0.2) is 42.2 Å². The molecule has 1 rings (SSSR count). The molecule has 5 nitrogen and oxygen atoms in total. The van der Waals surface area contributed by atoms with E-state index in [-0.39, 0.29) is 5.56 Å². The average Bonchev–Trinajstić information content (AvgIpc) is 2.77. The third kappa shape index (κ3) is 4.89. The molecule has 5 heteroatoms. The van der Waals surface area contributed by atoms with Crippen LogP contribution in [0, 0.1) is 0 Å². The standard InChI is InChI=1S/C13H22N2O3/c1-10(2)15(3)6-4-5-14-8-12-7-11(9-18-12)13(16)17/h7,9-10,14H,4-6,8H2,1-3H3,(H,16,17). The zero-order valence-electron chi connectivity index (χ0n) is 11.3. The van der Waals surface area contributed by atoms with Crippen LogP contribution in [-0.2, 0) is 6.54 Å². The number of nitrogens with zero attached hydrogens (tertiary/aromatic N) is 1. The lowest BCUT2D eigenvalue weighted by atomic mass is 10.3. The number of carboxylic acid groups (broad SMARTS) is 1. The van der Waals surface area contributed by atoms with Gasteiger partial charge in [0, 0.05) is 6.04 Å². The zero-order valence-corrected chi connectivity index (χ0v) is 11.3. The topological polar surface area (TPSA) is 65.7 Å². The predicted octanol–water partition coefficient (Wildman–Crippen LogP) is 1.80. The van der Waals surface area contributed by atoms with Crippen molar-refractivity contribution in [2.24, 2.45) is 0 Å². The molecule has 0 bridgehead atoms. The molecule has 102 valence electrons. The zero-order chi connectivity index (χ0) is 13.5. The van der Waals surface area contributed by atoms with Crippen molar-refractivity contribution in [3.05, 3.63) is 23.7 Å². The van der Waals surface area contributed by atoms with Crippen LogP contribution in [0.3, 0.4) is 0 Å². The van der Waals surface area contributed by atoms with Crippen molar-refractivity contribution in [2.45, 2.75) is 32.9 Å². The van der Waals surface area contributed by atoms with Gasteiger partial charge in [-0.1, -0.05) is 0 Å². The molecular formula is C13H22N2O3. The number of hydrogen-bond acceptors (Lipinski definition) is 4. The number of carboxylic acids is 1. The Kier molecular flexibility index (Phi) is 5.88. The van der Waals surface area contributed by atoms with Crippen LogP contribution in [0.5, 0.6) is 0 Å². The van der Waals surface area contributed by atoms with Crippen LogP contribution in [0.15, 0.2) is 16.7 Å². The van der Waals surface area contributed by atoms with Gasteiger partial charge in [0.2, 0.25) is 0 Å². The second-order valence-electron chi connectivity index (χ2n) is 4.71. The van der Waals surface area contributed by atoms with E-state index < -0.39 is 5.97 Å². The molecule has 1 aromatic rings. The molecule has 0 saturated carbocycles. The maximum atomic E-state index is 10.6. The van der Waals surface area contributed by atoms with Gasteiger partial charge < -0.3 is 19.7 Å². The minimum atomic E-state index is -0.955. The molecule has 2 N–H and O–H groups in total. The molecule has 1 aromatic heterocycles. The van der Waals surface area contributed by atoms with Crippen LogP contribution >= 0.6 is 0 Å². The third-order valence-electron chi connectivity index (χ3n) is 2.95. The normalized spacial score (nSPS) is 11.4. The Morgan fingerprint density at radius 1 is 1.56 bits per heavy atom. The van der Waals surface area contributed by atoms with Crippen molar-refractivity contribution >= 4 is 5.97 Å². The van der Waals surface area contributed by atoms with Gasteiger partial charge in [0.15, 0.2) is 0 Å². The molecule has 0 saturated heterocycles. The SMILES string of the molecule is CC(C)N(C)CCCNCc1cc(C(=O)O)co1. The Hall–Kier alpha value is -1.33. The first-order chi connectivity index (χ1) is 8.50. The van der Waals surface area contributed by atoms with Crippen molar-refractivity contribution in [3.8, 4) is 0 Å². The minimum Gasteiger partial charge on any atom is -0.478 e. The molecule has 0 radical (unpaired) electrons. The number of furan rings is 1. The van der Waals surface area contributed by atoms with Gasteiger partial charge in [0.05, 0.1) is 12.1 Å². The first-order valence-corrected chi connectivity index (χ1v) is 6.22. The molecule has 0 aliphatic carbocycles. The Labute approximate surface area is 108 Å². The predicted molar refractivity (Wildman–Crippen MR) is 69.8 cm³/mol. The van der Waals surface area contributed by atoms with E-state index in [2.05, 4.69) is 31.1 Å².